The molecule has 1 saturated heterocycles. The summed E-state index contributed by atoms with van der Waals surface area (Å²) in [6.45, 7) is 5.87. The molecule has 0 unspecified atom stereocenters. The average Bonchev–Trinajstić information content (AvgIpc) is 2.38. The molecule has 1 N–H and O–H groups in total. The number of hydrogen-bond acceptors (Lipinski definition) is 4. The summed E-state index contributed by atoms with van der Waals surface area (Å²) >= 11 is 0. The van der Waals surface area contributed by atoms with Crippen LogP contribution in [0.1, 0.15) is 18.6 Å². The first-order valence-corrected chi connectivity index (χ1v) is 6.42. The normalized spacial score (nSPS) is 18.8. The molecule has 0 amide bonds. The molecular weight excluding hydrogens is 228 g/mol. The van der Waals surface area contributed by atoms with E-state index in [1.54, 1.807) is 14.0 Å². The fraction of sp³-hybridized carbons (Fsp3) is 0.571. The van der Waals surface area contributed by atoms with Crippen molar-refractivity contribution in [2.75, 3.05) is 45.2 Å². The predicted octanol–water partition coefficient (Wildman–Crippen LogP) is 1.50. The van der Waals surface area contributed by atoms with Gasteiger partial charge in [0.05, 0.1) is 13.2 Å². The molecule has 0 aromatic heterocycles. The van der Waals surface area contributed by atoms with E-state index in [1.807, 2.05) is 12.1 Å². The topological polar surface area (TPSA) is 35.9 Å². The van der Waals surface area contributed by atoms with Gasteiger partial charge in [-0.25, -0.2) is 0 Å². The van der Waals surface area contributed by atoms with Crippen molar-refractivity contribution in [3.05, 3.63) is 23.8 Å². The zero-order valence-electron chi connectivity index (χ0n) is 11.4. The number of aliphatic hydroxyl groups excluding tert-OH is 1. The van der Waals surface area contributed by atoms with E-state index in [9.17, 15) is 5.11 Å². The number of rotatable bonds is 3. The van der Waals surface area contributed by atoms with E-state index in [4.69, 9.17) is 4.74 Å². The van der Waals surface area contributed by atoms with Crippen molar-refractivity contribution in [1.29, 1.82) is 0 Å². The first-order chi connectivity index (χ1) is 8.63. The average molecular weight is 250 g/mol. The van der Waals surface area contributed by atoms with Gasteiger partial charge < -0.3 is 19.6 Å². The predicted molar refractivity (Wildman–Crippen MR) is 73.3 cm³/mol. The summed E-state index contributed by atoms with van der Waals surface area (Å²) in [4.78, 5) is 4.64. The van der Waals surface area contributed by atoms with Crippen molar-refractivity contribution in [2.24, 2.45) is 0 Å². The SMILES string of the molecule is COc1cccc(N2CCN(C)CC2)c1[C@H](C)O. The lowest BCUT2D eigenvalue weighted by atomic mass is 10.0. The monoisotopic (exact) mass is 250 g/mol. The Morgan fingerprint density at radius 3 is 2.44 bits per heavy atom. The number of nitrogens with zero attached hydrogens (tertiary/aromatic N) is 2. The molecular formula is C14H22N2O2. The number of anilines is 1. The van der Waals surface area contributed by atoms with Gasteiger partial charge in [-0.3, -0.25) is 0 Å². The maximum absolute atomic E-state index is 9.98. The number of likely N-dealkylation sites (N-methyl/N-ethyl adjacent to an activating group) is 1. The van der Waals surface area contributed by atoms with E-state index in [-0.39, 0.29) is 0 Å². The van der Waals surface area contributed by atoms with Crippen LogP contribution in [0.5, 0.6) is 5.75 Å². The highest BCUT2D eigenvalue weighted by molar-refractivity contribution is 5.60. The zero-order chi connectivity index (χ0) is 13.1. The van der Waals surface area contributed by atoms with Gasteiger partial charge in [-0.2, -0.15) is 0 Å². The van der Waals surface area contributed by atoms with Crippen LogP contribution in [0.15, 0.2) is 18.2 Å². The van der Waals surface area contributed by atoms with Crippen LogP contribution in [0.2, 0.25) is 0 Å². The minimum absolute atomic E-state index is 0.518. The second kappa shape index (κ2) is 5.59. The zero-order valence-corrected chi connectivity index (χ0v) is 11.4. The van der Waals surface area contributed by atoms with Gasteiger partial charge in [0.25, 0.3) is 0 Å². The van der Waals surface area contributed by atoms with Gasteiger partial charge in [0.15, 0.2) is 0 Å². The summed E-state index contributed by atoms with van der Waals surface area (Å²) in [6.07, 6.45) is -0.518. The van der Waals surface area contributed by atoms with Crippen LogP contribution < -0.4 is 9.64 Å². The molecule has 1 aromatic carbocycles. The highest BCUT2D eigenvalue weighted by Crippen LogP contribution is 2.34. The van der Waals surface area contributed by atoms with Crippen LogP contribution in [0, 0.1) is 0 Å². The van der Waals surface area contributed by atoms with Gasteiger partial charge in [-0.15, -0.1) is 0 Å². The molecule has 0 saturated carbocycles. The number of benzene rings is 1. The Hall–Kier alpha value is -1.26. The standard InChI is InChI=1S/C14H22N2O2/c1-11(17)14-12(5-4-6-13(14)18-3)16-9-7-15(2)8-10-16/h4-6,11,17H,7-10H2,1-3H3/t11-/m0/s1. The Morgan fingerprint density at radius 1 is 1.22 bits per heavy atom. The van der Waals surface area contributed by atoms with Gasteiger partial charge in [0, 0.05) is 37.4 Å². The molecule has 1 heterocycles. The van der Waals surface area contributed by atoms with Gasteiger partial charge in [-0.1, -0.05) is 6.07 Å². The number of hydrogen-bond donors (Lipinski definition) is 1. The Kier molecular flexibility index (Phi) is 4.09. The van der Waals surface area contributed by atoms with E-state index < -0.39 is 6.10 Å². The molecule has 18 heavy (non-hydrogen) atoms. The lowest BCUT2D eigenvalue weighted by Gasteiger charge is -2.35. The van der Waals surface area contributed by atoms with Gasteiger partial charge >= 0.3 is 0 Å². The van der Waals surface area contributed by atoms with E-state index in [2.05, 4.69) is 22.9 Å². The molecule has 1 aromatic rings. The van der Waals surface area contributed by atoms with E-state index in [0.29, 0.717) is 0 Å². The quantitative estimate of drug-likeness (QED) is 0.882. The molecule has 4 nitrogen and oxygen atoms in total. The van der Waals surface area contributed by atoms with Crippen molar-refractivity contribution in [3.63, 3.8) is 0 Å². The Balaban J connectivity index is 2.32. The first-order valence-electron chi connectivity index (χ1n) is 6.42. The van der Waals surface area contributed by atoms with Gasteiger partial charge in [-0.05, 0) is 26.1 Å². The maximum atomic E-state index is 9.98. The molecule has 100 valence electrons. The minimum atomic E-state index is -0.518. The molecule has 0 aliphatic carbocycles. The lowest BCUT2D eigenvalue weighted by Crippen LogP contribution is -2.44. The van der Waals surface area contributed by atoms with E-state index >= 15 is 0 Å². The van der Waals surface area contributed by atoms with Crippen LogP contribution in [-0.2, 0) is 0 Å². The third kappa shape index (κ3) is 2.60. The van der Waals surface area contributed by atoms with Gasteiger partial charge in [0.1, 0.15) is 5.75 Å². The van der Waals surface area contributed by atoms with E-state index in [1.165, 1.54) is 0 Å². The Morgan fingerprint density at radius 2 is 1.89 bits per heavy atom. The highest BCUT2D eigenvalue weighted by Gasteiger charge is 2.21. The summed E-state index contributed by atoms with van der Waals surface area (Å²) in [5, 5.41) is 9.98. The second-order valence-corrected chi connectivity index (χ2v) is 4.86. The smallest absolute Gasteiger partial charge is 0.126 e. The number of ether oxygens (including phenoxy) is 1. The number of methoxy groups -OCH3 is 1. The summed E-state index contributed by atoms with van der Waals surface area (Å²) in [5.41, 5.74) is 1.99. The minimum Gasteiger partial charge on any atom is -0.496 e. The highest BCUT2D eigenvalue weighted by atomic mass is 16.5. The Labute approximate surface area is 109 Å². The van der Waals surface area contributed by atoms with Crippen molar-refractivity contribution in [2.45, 2.75) is 13.0 Å². The first kappa shape index (κ1) is 13.2. The number of aliphatic hydroxyl groups is 1. The van der Waals surface area contributed by atoms with Crippen LogP contribution in [-0.4, -0.2) is 50.3 Å². The largest absolute Gasteiger partial charge is 0.496 e. The van der Waals surface area contributed by atoms with Crippen LogP contribution >= 0.6 is 0 Å². The molecule has 1 fully saturated rings. The van der Waals surface area contributed by atoms with Gasteiger partial charge in [0.2, 0.25) is 0 Å². The van der Waals surface area contributed by atoms with Crippen LogP contribution in [0.3, 0.4) is 0 Å². The molecule has 4 heteroatoms. The van der Waals surface area contributed by atoms with Crippen molar-refractivity contribution < 1.29 is 9.84 Å². The lowest BCUT2D eigenvalue weighted by molar-refractivity contribution is 0.194. The molecule has 1 atom stereocenters. The Bertz CT molecular complexity index is 399. The maximum Gasteiger partial charge on any atom is 0.126 e. The van der Waals surface area contributed by atoms with Crippen molar-refractivity contribution >= 4 is 5.69 Å². The summed E-state index contributed by atoms with van der Waals surface area (Å²) in [7, 11) is 3.79. The number of piperazine rings is 1. The molecule has 2 rings (SSSR count). The second-order valence-electron chi connectivity index (χ2n) is 4.86. The van der Waals surface area contributed by atoms with E-state index in [0.717, 1.165) is 43.2 Å². The fourth-order valence-corrected chi connectivity index (χ4v) is 2.45. The summed E-state index contributed by atoms with van der Waals surface area (Å²) in [5.74, 6) is 0.765. The van der Waals surface area contributed by atoms with Crippen LogP contribution in [0.25, 0.3) is 0 Å². The molecule has 0 radical (unpaired) electrons. The van der Waals surface area contributed by atoms with Crippen LogP contribution in [0.4, 0.5) is 5.69 Å². The van der Waals surface area contributed by atoms with Crippen molar-refractivity contribution in [1.82, 2.24) is 4.90 Å². The van der Waals surface area contributed by atoms with Crippen molar-refractivity contribution in [3.8, 4) is 5.75 Å². The molecule has 0 spiro atoms. The molecule has 1 aliphatic heterocycles. The third-order valence-corrected chi connectivity index (χ3v) is 3.52. The molecule has 1 aliphatic rings. The summed E-state index contributed by atoms with van der Waals surface area (Å²) < 4.78 is 5.36. The summed E-state index contributed by atoms with van der Waals surface area (Å²) in [6, 6.07) is 5.95. The molecule has 0 bridgehead atoms. The fourth-order valence-electron chi connectivity index (χ4n) is 2.45. The third-order valence-electron chi connectivity index (χ3n) is 3.52.